The second-order valence-corrected chi connectivity index (χ2v) is 32.1. The summed E-state index contributed by atoms with van der Waals surface area (Å²) in [4.78, 5) is 168. The number of nitrogens with zero attached hydrogens (tertiary/aromatic N) is 5. The van der Waals surface area contributed by atoms with Crippen LogP contribution in [-0.2, 0) is 49.3 Å². The number of nitro benzene ring substituents is 4. The van der Waals surface area contributed by atoms with Gasteiger partial charge in [-0.3, -0.25) is 64.4 Å². The summed E-state index contributed by atoms with van der Waals surface area (Å²) in [5.41, 5.74) is 8.69. The number of nitrogens with one attached hydrogen (secondary N) is 7. The van der Waals surface area contributed by atoms with Crippen LogP contribution in [0, 0.1) is 76.8 Å². The summed E-state index contributed by atoms with van der Waals surface area (Å²) in [6.45, 7) is 46.9. The van der Waals surface area contributed by atoms with Gasteiger partial charge < -0.3 is 70.5 Å². The molecule has 5 amide bonds. The summed E-state index contributed by atoms with van der Waals surface area (Å²) in [7, 11) is 4.52. The molecule has 8 aromatic carbocycles. The number of fused-ring (bicyclic) bond motifs is 4. The zero-order valence-electron chi connectivity index (χ0n) is 87.9. The summed E-state index contributed by atoms with van der Waals surface area (Å²) >= 11 is 0. The van der Waals surface area contributed by atoms with Crippen molar-refractivity contribution < 1.29 is 110 Å². The Balaban J connectivity index is 0.00000167. The number of amides is 5. The first-order chi connectivity index (χ1) is 70.0. The quantitative estimate of drug-likeness (QED) is 0.00475. The van der Waals surface area contributed by atoms with Crippen molar-refractivity contribution in [3.05, 3.63) is 304 Å². The first kappa shape index (κ1) is 131. The van der Waals surface area contributed by atoms with Gasteiger partial charge in [0.25, 0.3) is 11.4 Å². The van der Waals surface area contributed by atoms with Crippen LogP contribution in [0.4, 0.5) is 73.5 Å². The monoisotopic (exact) mass is 2050 g/mol. The molecule has 37 nitrogen and oxygen atoms in total. The van der Waals surface area contributed by atoms with Crippen molar-refractivity contribution in [3.8, 4) is 11.1 Å². The summed E-state index contributed by atoms with van der Waals surface area (Å²) < 4.78 is 54.2. The van der Waals surface area contributed by atoms with E-state index in [9.17, 15) is 102 Å². The van der Waals surface area contributed by atoms with E-state index in [0.717, 1.165) is 41.6 Å². The number of carbonyl (C=O) groups is 11. The Morgan fingerprint density at radius 2 is 0.796 bits per heavy atom. The van der Waals surface area contributed by atoms with Crippen LogP contribution in [0.2, 0.25) is 0 Å². The Bertz CT molecular complexity index is 5390. The molecular weight excluding hydrogens is 1900 g/mol. The molecular formula is C108H144F2N12O25. The lowest BCUT2D eigenvalue weighted by Crippen LogP contribution is -2.48. The number of benzene rings is 8. The van der Waals surface area contributed by atoms with Crippen LogP contribution in [0.15, 0.2) is 208 Å². The van der Waals surface area contributed by atoms with Gasteiger partial charge in [-0.1, -0.05) is 220 Å². The molecule has 3 atom stereocenters. The fraction of sp³-hybridized carbons (Fsp3) is 0.398. The fourth-order valence-corrected chi connectivity index (χ4v) is 13.2. The third-order valence-electron chi connectivity index (χ3n) is 20.0. The van der Waals surface area contributed by atoms with Gasteiger partial charge >= 0.3 is 47.7 Å². The Morgan fingerprint density at radius 1 is 0.442 bits per heavy atom. The van der Waals surface area contributed by atoms with Gasteiger partial charge in [-0.15, -0.1) is 0 Å². The maximum atomic E-state index is 12.8. The number of halogens is 2. The zero-order valence-corrected chi connectivity index (χ0v) is 87.9. The molecule has 0 spiro atoms. The molecule has 0 fully saturated rings. The normalized spacial score (nSPS) is 11.5. The highest BCUT2D eigenvalue weighted by Gasteiger charge is 2.35. The molecule has 0 radical (unpaired) electrons. The maximum Gasteiger partial charge on any atom is 0.407 e. The molecule has 147 heavy (non-hydrogen) atoms. The van der Waals surface area contributed by atoms with Crippen LogP contribution in [0.3, 0.4) is 0 Å². The van der Waals surface area contributed by atoms with Crippen LogP contribution in [-0.4, -0.2) is 170 Å². The number of hydrogen-bond acceptors (Lipinski definition) is 28. The SMILES string of the molecule is C=CCOC(=O)NC.C=CCOC(=O)NC.C=CCOC(=O)NC.CC.CC.CCC(=O)c1ccc(F)c([N+](=O)[O-])c1.CCC(=O)c1ccc2c(c1)NC(=O)C(CC(C)C)N2Cc1ccccc1.CCNC(=O)OCC1c2ccccc2-c2ccccc21.CCOC(=O)C(CC(C)C)Nc1ccc(C(=O)CC)cc1[N+](=O)[O-].CCOC(=O)C(CC(C)C)Nc1ccc(C(=O)CC)cc1[N+](=O)[O-].Cc1ccc(F)c([N+](=O)[O-])c1. The predicted molar refractivity (Wildman–Crippen MR) is 567 cm³/mol. The van der Waals surface area contributed by atoms with E-state index in [1.807, 2.05) is 130 Å². The van der Waals surface area contributed by atoms with Crippen molar-refractivity contribution in [3.63, 3.8) is 0 Å². The van der Waals surface area contributed by atoms with Gasteiger partial charge in [-0.05, 0) is 159 Å². The van der Waals surface area contributed by atoms with Crippen molar-refractivity contribution in [2.24, 2.45) is 17.8 Å². The number of ether oxygens (including phenoxy) is 6. The molecule has 8 aromatic rings. The lowest BCUT2D eigenvalue weighted by atomic mass is 9.96. The van der Waals surface area contributed by atoms with E-state index >= 15 is 0 Å². The lowest BCUT2D eigenvalue weighted by Gasteiger charge is -2.39. The van der Waals surface area contributed by atoms with Crippen LogP contribution < -0.4 is 42.1 Å². The minimum Gasteiger partial charge on any atom is -0.464 e. The summed E-state index contributed by atoms with van der Waals surface area (Å²) in [5.74, 6) is -2.18. The number of nitro groups is 4. The number of anilines is 4. The zero-order chi connectivity index (χ0) is 112. The predicted octanol–water partition coefficient (Wildman–Crippen LogP) is 23.4. The average molecular weight is 2050 g/mol. The van der Waals surface area contributed by atoms with Gasteiger partial charge in [-0.2, -0.15) is 8.78 Å². The van der Waals surface area contributed by atoms with E-state index in [0.29, 0.717) is 56.0 Å². The Kier molecular flexibility index (Phi) is 65.2. The number of carbonyl (C=O) groups excluding carboxylic acids is 11. The fourth-order valence-electron chi connectivity index (χ4n) is 13.2. The van der Waals surface area contributed by atoms with E-state index in [2.05, 4.69) is 126 Å². The second-order valence-electron chi connectivity index (χ2n) is 32.1. The number of esters is 2. The highest BCUT2D eigenvalue weighted by molar-refractivity contribution is 6.06. The minimum atomic E-state index is -0.928. The van der Waals surface area contributed by atoms with Crippen molar-refractivity contribution >= 4 is 111 Å². The smallest absolute Gasteiger partial charge is 0.407 e. The van der Waals surface area contributed by atoms with Crippen molar-refractivity contribution in [2.75, 3.05) is 88.2 Å². The number of alkyl carbamates (subject to hydrolysis) is 4. The van der Waals surface area contributed by atoms with Gasteiger partial charge in [0.15, 0.2) is 23.1 Å². The average Bonchev–Trinajstić information content (AvgIpc) is 1.70. The van der Waals surface area contributed by atoms with E-state index in [1.165, 1.54) is 116 Å². The standard InChI is InChI=1S/C22H26N2O2.2C17H24N2O5.C17H17NO2.C9H8FNO3.C7H6FNO2.3C5H9NO2.2C2H6/c1-4-21(25)17-10-11-19-18(13-17)23-22(26)20(12-15(2)3)24(19)14-16-8-6-5-7-9-16;2*1-5-16(20)12-7-8-13(15(10-12)19(22)23)18-14(9-11(3)4)17(21)24-6-2;1-2-18-17(19)20-11-16-14-9-5-3-7-12(14)13-8-4-6-10-15(13)16;1-2-9(12)6-3-4-7(10)8(5-6)11(13)14;1-5-2-3-6(8)7(4-5)9(10)11;3*1-3-4-8-5(7)6-2;2*1-2/h5-11,13,15,20H,4,12,14H2,1-3H3,(H,23,26);2*7-8,10-11,14,18H,5-6,9H2,1-4H3;3-10,16H,2,11H2,1H3,(H,18,19);3-5H,2H2,1H3;2-4H,1H3;3*3H,1,4H2,2H3,(H,6,7);2*1-2H3. The molecule has 800 valence electrons. The third-order valence-corrected chi connectivity index (χ3v) is 20.0. The molecule has 39 heteroatoms. The van der Waals surface area contributed by atoms with Crippen molar-refractivity contribution in [1.29, 1.82) is 0 Å². The number of aryl methyl sites for hydroxylation is 1. The molecule has 10 rings (SSSR count). The second kappa shape index (κ2) is 73.1. The summed E-state index contributed by atoms with van der Waals surface area (Å²) in [6, 6.07) is 46.3. The molecule has 1 aliphatic carbocycles. The van der Waals surface area contributed by atoms with E-state index < -0.39 is 85.0 Å². The highest BCUT2D eigenvalue weighted by Crippen LogP contribution is 2.45. The van der Waals surface area contributed by atoms with E-state index in [1.54, 1.807) is 41.5 Å². The molecule has 0 saturated carbocycles. The highest BCUT2D eigenvalue weighted by atomic mass is 19.1. The number of rotatable bonds is 37. The van der Waals surface area contributed by atoms with Crippen LogP contribution >= 0.6 is 0 Å². The Labute approximate surface area is 859 Å². The van der Waals surface area contributed by atoms with E-state index in [-0.39, 0.29) is 151 Å². The van der Waals surface area contributed by atoms with Gasteiger partial charge in [0, 0.05) is 112 Å². The van der Waals surface area contributed by atoms with Crippen molar-refractivity contribution in [2.45, 2.75) is 200 Å². The number of Topliss-reactive ketones (excluding diaryl/α,β-unsaturated/α-hetero) is 4. The molecule has 0 saturated heterocycles. The third kappa shape index (κ3) is 47.8. The molecule has 7 N–H and O–H groups in total. The van der Waals surface area contributed by atoms with E-state index in [4.69, 9.17) is 14.2 Å². The van der Waals surface area contributed by atoms with Gasteiger partial charge in [0.2, 0.25) is 17.5 Å². The molecule has 0 bridgehead atoms. The Morgan fingerprint density at radius 3 is 1.14 bits per heavy atom. The molecule has 2 aliphatic rings. The largest absolute Gasteiger partial charge is 0.464 e. The Hall–Kier alpha value is -16.0. The van der Waals surface area contributed by atoms with Gasteiger partial charge in [0.1, 0.15) is 55.9 Å². The van der Waals surface area contributed by atoms with Gasteiger partial charge in [-0.25, -0.2) is 28.8 Å². The summed E-state index contributed by atoms with van der Waals surface area (Å²) in [6.07, 6.45) is 5.86. The maximum absolute atomic E-state index is 12.8. The molecule has 1 aliphatic heterocycles. The van der Waals surface area contributed by atoms with Crippen LogP contribution in [0.1, 0.15) is 232 Å². The summed E-state index contributed by atoms with van der Waals surface area (Å²) in [5, 5.41) is 61.5. The van der Waals surface area contributed by atoms with Crippen LogP contribution in [0.5, 0.6) is 0 Å². The molecule has 0 aromatic heterocycles. The minimum absolute atomic E-state index is 0.00299. The topological polar surface area (TPSA) is 503 Å². The van der Waals surface area contributed by atoms with Gasteiger partial charge in [0.05, 0.1) is 44.3 Å². The molecule has 1 heterocycles. The number of hydrogen-bond donors (Lipinski definition) is 7. The number of ketones is 4. The first-order valence-electron chi connectivity index (χ1n) is 48.1. The first-order valence-corrected chi connectivity index (χ1v) is 48.1. The van der Waals surface area contributed by atoms with Crippen LogP contribution in [0.25, 0.3) is 11.1 Å². The van der Waals surface area contributed by atoms with Crippen molar-refractivity contribution in [1.82, 2.24) is 21.3 Å². The lowest BCUT2D eigenvalue weighted by molar-refractivity contribution is -0.387. The molecule has 3 unspecified atom stereocenters.